The summed E-state index contributed by atoms with van der Waals surface area (Å²) >= 11 is 0. The van der Waals surface area contributed by atoms with Gasteiger partial charge in [0, 0.05) is 45.0 Å². The van der Waals surface area contributed by atoms with Crippen molar-refractivity contribution in [1.82, 2.24) is 4.90 Å². The van der Waals surface area contributed by atoms with Crippen molar-refractivity contribution >= 4 is 23.2 Å². The summed E-state index contributed by atoms with van der Waals surface area (Å²) in [4.78, 5) is 26.8. The van der Waals surface area contributed by atoms with Crippen molar-refractivity contribution < 1.29 is 23.5 Å². The molecule has 0 aliphatic carbocycles. The monoisotopic (exact) mass is 394 g/mol. The molecule has 2 heterocycles. The number of ether oxygens (including phenoxy) is 2. The molecule has 4 N–H and O–H groups in total. The Hall–Kier alpha value is -2.07. The Balaban J connectivity index is 1.56. The number of nitrogens with two attached hydrogens (primary N) is 1. The fraction of sp³-hybridized carbons (Fsp3) is 0.579. The average molecular weight is 394 g/mol. The number of benzene rings is 1. The van der Waals surface area contributed by atoms with Gasteiger partial charge >= 0.3 is 0 Å². The molecular weight excluding hydrogens is 367 g/mol. The smallest absolute Gasteiger partial charge is 0.244 e. The second-order valence-corrected chi connectivity index (χ2v) is 7.17. The van der Waals surface area contributed by atoms with E-state index in [9.17, 15) is 14.0 Å². The van der Waals surface area contributed by atoms with E-state index >= 15 is 0 Å². The molecule has 0 saturated carbocycles. The first-order chi connectivity index (χ1) is 13.5. The molecule has 0 unspecified atom stereocenters. The van der Waals surface area contributed by atoms with Gasteiger partial charge in [-0.2, -0.15) is 0 Å². The minimum atomic E-state index is -1.01. The van der Waals surface area contributed by atoms with Gasteiger partial charge in [0.25, 0.3) is 0 Å². The topological polar surface area (TPSA) is 106 Å². The molecule has 0 aromatic heterocycles. The molecule has 0 radical (unpaired) electrons. The van der Waals surface area contributed by atoms with Crippen LogP contribution in [0.5, 0.6) is 0 Å². The molecule has 9 heteroatoms. The Morgan fingerprint density at radius 2 is 1.79 bits per heavy atom. The van der Waals surface area contributed by atoms with Gasteiger partial charge in [-0.3, -0.25) is 14.5 Å². The zero-order chi connectivity index (χ0) is 20.0. The van der Waals surface area contributed by atoms with Gasteiger partial charge in [-0.1, -0.05) is 0 Å². The normalized spacial score (nSPS) is 19.8. The predicted molar refractivity (Wildman–Crippen MR) is 103 cm³/mol. The van der Waals surface area contributed by atoms with Crippen LogP contribution in [-0.4, -0.2) is 68.3 Å². The van der Waals surface area contributed by atoms with Gasteiger partial charge in [-0.25, -0.2) is 4.39 Å². The first kappa shape index (κ1) is 20.7. The van der Waals surface area contributed by atoms with Gasteiger partial charge in [0.1, 0.15) is 11.4 Å². The van der Waals surface area contributed by atoms with E-state index in [0.717, 1.165) is 13.1 Å². The van der Waals surface area contributed by atoms with Crippen LogP contribution in [0.3, 0.4) is 0 Å². The Morgan fingerprint density at radius 3 is 2.50 bits per heavy atom. The molecule has 0 spiro atoms. The lowest BCUT2D eigenvalue weighted by Crippen LogP contribution is -2.54. The summed E-state index contributed by atoms with van der Waals surface area (Å²) in [6.07, 6.45) is 1.10. The van der Waals surface area contributed by atoms with Gasteiger partial charge < -0.3 is 25.8 Å². The fourth-order valence-corrected chi connectivity index (χ4v) is 3.21. The largest absolute Gasteiger partial charge is 0.381 e. The van der Waals surface area contributed by atoms with Crippen LogP contribution in [-0.2, 0) is 19.1 Å². The van der Waals surface area contributed by atoms with Crippen LogP contribution < -0.4 is 16.4 Å². The Labute approximate surface area is 163 Å². The number of nitrogens with one attached hydrogen (secondary N) is 2. The van der Waals surface area contributed by atoms with E-state index in [0.29, 0.717) is 51.5 Å². The van der Waals surface area contributed by atoms with Gasteiger partial charge in [0.15, 0.2) is 0 Å². The highest BCUT2D eigenvalue weighted by Gasteiger charge is 2.36. The van der Waals surface area contributed by atoms with Crippen LogP contribution in [0.1, 0.15) is 19.3 Å². The Morgan fingerprint density at radius 1 is 1.11 bits per heavy atom. The minimum Gasteiger partial charge on any atom is -0.381 e. The van der Waals surface area contributed by atoms with Crippen LogP contribution in [0.2, 0.25) is 0 Å². The quantitative estimate of drug-likeness (QED) is 0.663. The summed E-state index contributed by atoms with van der Waals surface area (Å²) < 4.78 is 24.6. The minimum absolute atomic E-state index is 0.0304. The van der Waals surface area contributed by atoms with E-state index in [2.05, 4.69) is 15.5 Å². The average Bonchev–Trinajstić information content (AvgIpc) is 2.70. The highest BCUT2D eigenvalue weighted by Crippen LogP contribution is 2.23. The maximum atomic E-state index is 14.1. The first-order valence-corrected chi connectivity index (χ1v) is 9.54. The Bertz CT molecular complexity index is 703. The first-order valence-electron chi connectivity index (χ1n) is 9.54. The molecule has 2 aliphatic heterocycles. The van der Waals surface area contributed by atoms with Crippen LogP contribution in [0.15, 0.2) is 18.2 Å². The zero-order valence-electron chi connectivity index (χ0n) is 15.8. The summed E-state index contributed by atoms with van der Waals surface area (Å²) in [6.45, 7) is 4.34. The van der Waals surface area contributed by atoms with Crippen LogP contribution in [0.4, 0.5) is 15.8 Å². The van der Waals surface area contributed by atoms with Gasteiger partial charge in [-0.15, -0.1) is 0 Å². The highest BCUT2D eigenvalue weighted by atomic mass is 19.1. The third kappa shape index (κ3) is 5.48. The third-order valence-electron chi connectivity index (χ3n) is 5.09. The number of nitrogens with zero attached hydrogens (tertiary/aromatic N) is 1. The summed E-state index contributed by atoms with van der Waals surface area (Å²) in [5.41, 5.74) is 5.57. The maximum Gasteiger partial charge on any atom is 0.244 e. The number of rotatable bonds is 6. The van der Waals surface area contributed by atoms with Gasteiger partial charge in [0.05, 0.1) is 18.9 Å². The number of hydrogen-bond acceptors (Lipinski definition) is 6. The summed E-state index contributed by atoms with van der Waals surface area (Å²) in [7, 11) is 0. The van der Waals surface area contributed by atoms with E-state index in [1.807, 2.05) is 0 Å². The molecule has 2 aliphatic rings. The lowest BCUT2D eigenvalue weighted by molar-refractivity contribution is -0.124. The number of carbonyl (C=O) groups is 2. The van der Waals surface area contributed by atoms with Crippen LogP contribution >= 0.6 is 0 Å². The van der Waals surface area contributed by atoms with Crippen LogP contribution in [0.25, 0.3) is 0 Å². The van der Waals surface area contributed by atoms with Crippen LogP contribution in [0, 0.1) is 5.82 Å². The number of anilines is 2. The van der Waals surface area contributed by atoms with Crippen molar-refractivity contribution in [2.24, 2.45) is 5.73 Å². The number of amides is 2. The standard InChI is InChI=1S/C19H27FN4O4/c20-15-2-1-14(22-18(26)19(21)4-9-27-10-5-19)13-16(15)23-17(25)3-6-24-7-11-28-12-8-24/h1-2,13H,3-12,21H2,(H,22,26)(H,23,25). The van der Waals surface area contributed by atoms with E-state index in [1.165, 1.54) is 18.2 Å². The maximum absolute atomic E-state index is 14.1. The van der Waals surface area contributed by atoms with Crippen molar-refractivity contribution in [3.8, 4) is 0 Å². The fourth-order valence-electron chi connectivity index (χ4n) is 3.21. The zero-order valence-corrected chi connectivity index (χ0v) is 15.8. The third-order valence-corrected chi connectivity index (χ3v) is 5.09. The van der Waals surface area contributed by atoms with Gasteiger partial charge in [0.2, 0.25) is 11.8 Å². The van der Waals surface area contributed by atoms with E-state index in [-0.39, 0.29) is 23.9 Å². The molecule has 3 rings (SSSR count). The molecule has 8 nitrogen and oxygen atoms in total. The second kappa shape index (κ2) is 9.42. The molecule has 154 valence electrons. The molecule has 0 bridgehead atoms. The Kier molecular flexibility index (Phi) is 6.95. The molecular formula is C19H27FN4O4. The lowest BCUT2D eigenvalue weighted by Gasteiger charge is -2.31. The van der Waals surface area contributed by atoms with Crippen molar-refractivity contribution in [3.05, 3.63) is 24.0 Å². The van der Waals surface area contributed by atoms with E-state index in [1.54, 1.807) is 0 Å². The second-order valence-electron chi connectivity index (χ2n) is 7.17. The SMILES string of the molecule is NC1(C(=O)Nc2ccc(F)c(NC(=O)CCN3CCOCC3)c2)CCOCC1. The number of morpholine rings is 1. The molecule has 2 fully saturated rings. The number of hydrogen-bond donors (Lipinski definition) is 3. The van der Waals surface area contributed by atoms with E-state index in [4.69, 9.17) is 15.2 Å². The predicted octanol–water partition coefficient (Wildman–Crippen LogP) is 0.933. The molecule has 2 amide bonds. The van der Waals surface area contributed by atoms with Gasteiger partial charge in [-0.05, 0) is 31.0 Å². The summed E-state index contributed by atoms with van der Waals surface area (Å²) in [6, 6.07) is 4.06. The number of carbonyl (C=O) groups excluding carboxylic acids is 2. The van der Waals surface area contributed by atoms with Crippen molar-refractivity contribution in [1.29, 1.82) is 0 Å². The highest BCUT2D eigenvalue weighted by molar-refractivity contribution is 5.99. The summed E-state index contributed by atoms with van der Waals surface area (Å²) in [5, 5.41) is 5.30. The van der Waals surface area contributed by atoms with Crippen molar-refractivity contribution in [2.45, 2.75) is 24.8 Å². The molecule has 0 atom stereocenters. The lowest BCUT2D eigenvalue weighted by atomic mass is 9.90. The summed E-state index contributed by atoms with van der Waals surface area (Å²) in [5.74, 6) is -1.19. The van der Waals surface area contributed by atoms with Crippen molar-refractivity contribution in [2.75, 3.05) is 56.7 Å². The van der Waals surface area contributed by atoms with E-state index < -0.39 is 11.4 Å². The molecule has 2 saturated heterocycles. The molecule has 28 heavy (non-hydrogen) atoms. The molecule has 1 aromatic rings. The van der Waals surface area contributed by atoms with Crippen molar-refractivity contribution in [3.63, 3.8) is 0 Å². The molecule has 1 aromatic carbocycles. The number of halogens is 1.